The molecule has 0 atom stereocenters. The van der Waals surface area contributed by atoms with Gasteiger partial charge in [-0.1, -0.05) is 32.6 Å². The van der Waals surface area contributed by atoms with Crippen LogP contribution in [0.4, 0.5) is 0 Å². The molecule has 2 aliphatic carbocycles. The SMILES string of the molecule is CCCC1(CCCC2CCC(NC)CC2)CCC1. The van der Waals surface area contributed by atoms with E-state index in [0.717, 1.165) is 17.4 Å². The van der Waals surface area contributed by atoms with E-state index in [1.807, 2.05) is 0 Å². The zero-order valence-corrected chi connectivity index (χ0v) is 12.6. The van der Waals surface area contributed by atoms with E-state index in [9.17, 15) is 0 Å². The van der Waals surface area contributed by atoms with E-state index in [0.29, 0.717) is 0 Å². The van der Waals surface area contributed by atoms with E-state index in [1.165, 1.54) is 77.0 Å². The number of nitrogens with one attached hydrogen (secondary N) is 1. The van der Waals surface area contributed by atoms with Crippen LogP contribution in [0.2, 0.25) is 0 Å². The van der Waals surface area contributed by atoms with Crippen LogP contribution in [0.25, 0.3) is 0 Å². The average Bonchev–Trinajstić information content (AvgIpc) is 2.36. The molecule has 2 rings (SSSR count). The van der Waals surface area contributed by atoms with E-state index in [-0.39, 0.29) is 0 Å². The number of rotatable bonds is 7. The number of hydrogen-bond donors (Lipinski definition) is 1. The molecule has 2 saturated carbocycles. The van der Waals surface area contributed by atoms with Crippen LogP contribution in [0.15, 0.2) is 0 Å². The van der Waals surface area contributed by atoms with Crippen molar-refractivity contribution in [2.45, 2.75) is 90.0 Å². The predicted octanol–water partition coefficient (Wildman–Crippen LogP) is 4.91. The first kappa shape index (κ1) is 14.4. The Hall–Kier alpha value is -0.0400. The molecular formula is C17H33N. The lowest BCUT2D eigenvalue weighted by molar-refractivity contribution is 0.0973. The lowest BCUT2D eigenvalue weighted by Gasteiger charge is -2.42. The highest BCUT2D eigenvalue weighted by atomic mass is 14.9. The van der Waals surface area contributed by atoms with Crippen molar-refractivity contribution >= 4 is 0 Å². The maximum Gasteiger partial charge on any atom is 0.00642 e. The molecule has 0 unspecified atom stereocenters. The first-order valence-corrected chi connectivity index (χ1v) is 8.45. The van der Waals surface area contributed by atoms with Gasteiger partial charge in [-0.05, 0) is 69.7 Å². The average molecular weight is 251 g/mol. The zero-order chi connectivity index (χ0) is 12.8. The van der Waals surface area contributed by atoms with Crippen LogP contribution in [-0.2, 0) is 0 Å². The second-order valence-corrected chi connectivity index (χ2v) is 7.00. The summed E-state index contributed by atoms with van der Waals surface area (Å²) in [4.78, 5) is 0. The first-order chi connectivity index (χ1) is 8.78. The van der Waals surface area contributed by atoms with Gasteiger partial charge in [-0.2, -0.15) is 0 Å². The highest BCUT2D eigenvalue weighted by Gasteiger charge is 2.35. The van der Waals surface area contributed by atoms with Gasteiger partial charge in [-0.25, -0.2) is 0 Å². The summed E-state index contributed by atoms with van der Waals surface area (Å²) in [7, 11) is 2.12. The van der Waals surface area contributed by atoms with Crippen molar-refractivity contribution in [2.24, 2.45) is 11.3 Å². The molecule has 0 saturated heterocycles. The highest BCUT2D eigenvalue weighted by molar-refractivity contribution is 4.87. The third kappa shape index (κ3) is 3.73. The molecular weight excluding hydrogens is 218 g/mol. The van der Waals surface area contributed by atoms with E-state index >= 15 is 0 Å². The molecule has 0 aromatic carbocycles. The fourth-order valence-corrected chi connectivity index (χ4v) is 4.34. The lowest BCUT2D eigenvalue weighted by atomic mass is 9.63. The van der Waals surface area contributed by atoms with Gasteiger partial charge in [0.2, 0.25) is 0 Å². The minimum absolute atomic E-state index is 0.803. The van der Waals surface area contributed by atoms with Gasteiger partial charge in [0.05, 0.1) is 0 Å². The summed E-state index contributed by atoms with van der Waals surface area (Å²) >= 11 is 0. The monoisotopic (exact) mass is 251 g/mol. The lowest BCUT2D eigenvalue weighted by Crippen LogP contribution is -2.31. The molecule has 0 aromatic heterocycles. The van der Waals surface area contributed by atoms with E-state index in [2.05, 4.69) is 19.3 Å². The highest BCUT2D eigenvalue weighted by Crippen LogP contribution is 2.49. The third-order valence-corrected chi connectivity index (χ3v) is 5.77. The van der Waals surface area contributed by atoms with Gasteiger partial charge in [-0.15, -0.1) is 0 Å². The van der Waals surface area contributed by atoms with Crippen molar-refractivity contribution < 1.29 is 0 Å². The normalized spacial score (nSPS) is 31.0. The summed E-state index contributed by atoms with van der Waals surface area (Å²) in [5.41, 5.74) is 0.803. The third-order valence-electron chi connectivity index (χ3n) is 5.77. The van der Waals surface area contributed by atoms with Crippen LogP contribution >= 0.6 is 0 Å². The van der Waals surface area contributed by atoms with Gasteiger partial charge in [0.1, 0.15) is 0 Å². The van der Waals surface area contributed by atoms with Crippen LogP contribution in [0.5, 0.6) is 0 Å². The van der Waals surface area contributed by atoms with Gasteiger partial charge in [-0.3, -0.25) is 0 Å². The molecule has 2 fully saturated rings. The van der Waals surface area contributed by atoms with Crippen molar-refractivity contribution in [2.75, 3.05) is 7.05 Å². The predicted molar refractivity (Wildman–Crippen MR) is 79.8 cm³/mol. The molecule has 1 heteroatoms. The van der Waals surface area contributed by atoms with Crippen LogP contribution < -0.4 is 5.32 Å². The standard InChI is InChI=1S/C17H33N/c1-3-11-17(13-5-14-17)12-4-6-15-7-9-16(18-2)10-8-15/h15-16,18H,3-14H2,1-2H3. The van der Waals surface area contributed by atoms with Gasteiger partial charge < -0.3 is 5.32 Å². The number of hydrogen-bond acceptors (Lipinski definition) is 1. The topological polar surface area (TPSA) is 12.0 Å². The molecule has 2 aliphatic rings. The Morgan fingerprint density at radius 2 is 1.78 bits per heavy atom. The summed E-state index contributed by atoms with van der Waals surface area (Å²) in [6.45, 7) is 2.36. The van der Waals surface area contributed by atoms with Gasteiger partial charge in [0, 0.05) is 6.04 Å². The summed E-state index contributed by atoms with van der Waals surface area (Å²) in [5, 5.41) is 3.44. The Balaban J connectivity index is 1.60. The fraction of sp³-hybridized carbons (Fsp3) is 1.00. The van der Waals surface area contributed by atoms with Gasteiger partial charge in [0.15, 0.2) is 0 Å². The molecule has 0 bridgehead atoms. The van der Waals surface area contributed by atoms with Crippen molar-refractivity contribution in [3.8, 4) is 0 Å². The zero-order valence-electron chi connectivity index (χ0n) is 12.6. The summed E-state index contributed by atoms with van der Waals surface area (Å²) < 4.78 is 0. The van der Waals surface area contributed by atoms with Crippen LogP contribution in [0.3, 0.4) is 0 Å². The molecule has 106 valence electrons. The maximum absolute atomic E-state index is 3.44. The van der Waals surface area contributed by atoms with E-state index < -0.39 is 0 Å². The molecule has 0 radical (unpaired) electrons. The molecule has 0 aromatic rings. The maximum atomic E-state index is 3.44. The smallest absolute Gasteiger partial charge is 0.00642 e. The van der Waals surface area contributed by atoms with Crippen molar-refractivity contribution in [3.05, 3.63) is 0 Å². The van der Waals surface area contributed by atoms with Gasteiger partial charge >= 0.3 is 0 Å². The Bertz CT molecular complexity index is 224. The van der Waals surface area contributed by atoms with Crippen LogP contribution in [0, 0.1) is 11.3 Å². The molecule has 0 heterocycles. The summed E-state index contributed by atoms with van der Waals surface area (Å²) in [6, 6.07) is 0.819. The molecule has 0 aliphatic heterocycles. The Labute approximate surface area is 114 Å². The van der Waals surface area contributed by atoms with Crippen molar-refractivity contribution in [1.29, 1.82) is 0 Å². The van der Waals surface area contributed by atoms with E-state index in [4.69, 9.17) is 0 Å². The van der Waals surface area contributed by atoms with Gasteiger partial charge in [0.25, 0.3) is 0 Å². The van der Waals surface area contributed by atoms with E-state index in [1.54, 1.807) is 0 Å². The second-order valence-electron chi connectivity index (χ2n) is 7.00. The minimum atomic E-state index is 0.803. The molecule has 1 N–H and O–H groups in total. The van der Waals surface area contributed by atoms with Crippen LogP contribution in [0.1, 0.15) is 84.0 Å². The Morgan fingerprint density at radius 1 is 1.06 bits per heavy atom. The second kappa shape index (κ2) is 6.93. The largest absolute Gasteiger partial charge is 0.317 e. The van der Waals surface area contributed by atoms with Crippen LogP contribution in [-0.4, -0.2) is 13.1 Å². The molecule has 0 amide bonds. The molecule has 18 heavy (non-hydrogen) atoms. The summed E-state index contributed by atoms with van der Waals surface area (Å²) in [5.74, 6) is 1.05. The minimum Gasteiger partial charge on any atom is -0.317 e. The molecule has 0 spiro atoms. The van der Waals surface area contributed by atoms with Crippen molar-refractivity contribution in [1.82, 2.24) is 5.32 Å². The Kier molecular flexibility index (Phi) is 5.54. The molecule has 1 nitrogen and oxygen atoms in total. The summed E-state index contributed by atoms with van der Waals surface area (Å²) in [6.07, 6.45) is 17.8. The fourth-order valence-electron chi connectivity index (χ4n) is 4.34. The van der Waals surface area contributed by atoms with Crippen molar-refractivity contribution in [3.63, 3.8) is 0 Å². The first-order valence-electron chi connectivity index (χ1n) is 8.45. The Morgan fingerprint density at radius 3 is 2.28 bits per heavy atom. The quantitative estimate of drug-likeness (QED) is 0.678.